The highest BCUT2D eigenvalue weighted by atomic mass is 32.2. The molecule has 0 aliphatic heterocycles. The van der Waals surface area contributed by atoms with E-state index >= 15 is 0 Å². The van der Waals surface area contributed by atoms with Gasteiger partial charge in [0.15, 0.2) is 0 Å². The molecule has 2 rings (SSSR count). The lowest BCUT2D eigenvalue weighted by atomic mass is 9.86. The van der Waals surface area contributed by atoms with Gasteiger partial charge in [0, 0.05) is 13.6 Å². The average molecular weight is 278 g/mol. The second-order valence-electron chi connectivity index (χ2n) is 5.17. The summed E-state index contributed by atoms with van der Waals surface area (Å²) in [5.41, 5.74) is 1.21. The zero-order valence-electron chi connectivity index (χ0n) is 11.3. The molecule has 102 valence electrons. The molecule has 0 saturated heterocycles. The van der Waals surface area contributed by atoms with Crippen molar-refractivity contribution in [2.24, 2.45) is 5.92 Å². The number of aryl methyl sites for hydroxylation is 1. The van der Waals surface area contributed by atoms with E-state index < -0.39 is 10.0 Å². The predicted octanol–water partition coefficient (Wildman–Crippen LogP) is 2.29. The minimum atomic E-state index is -3.43. The monoisotopic (exact) mass is 278 g/mol. The largest absolute Gasteiger partial charge is 0.242 e. The molecule has 0 N–H and O–H groups in total. The van der Waals surface area contributed by atoms with E-state index in [9.17, 15) is 8.42 Å². The van der Waals surface area contributed by atoms with Gasteiger partial charge in [0.1, 0.15) is 0 Å². The Labute approximate surface area is 114 Å². The molecule has 1 aromatic carbocycles. The van der Waals surface area contributed by atoms with E-state index in [2.05, 4.69) is 0 Å². The van der Waals surface area contributed by atoms with E-state index in [0.717, 1.165) is 12.8 Å². The van der Waals surface area contributed by atoms with Gasteiger partial charge in [-0.25, -0.2) is 12.7 Å². The van der Waals surface area contributed by atoms with Crippen LogP contribution >= 0.6 is 0 Å². The highest BCUT2D eigenvalue weighted by molar-refractivity contribution is 7.89. The Morgan fingerprint density at radius 3 is 2.58 bits per heavy atom. The van der Waals surface area contributed by atoms with Crippen LogP contribution < -0.4 is 0 Å². The summed E-state index contributed by atoms with van der Waals surface area (Å²) in [5.74, 6) is 0.499. The maximum absolute atomic E-state index is 12.4. The van der Waals surface area contributed by atoms with Gasteiger partial charge >= 0.3 is 0 Å². The van der Waals surface area contributed by atoms with Crippen LogP contribution in [0.15, 0.2) is 23.1 Å². The molecule has 1 aromatic rings. The van der Waals surface area contributed by atoms with Gasteiger partial charge in [-0.15, -0.1) is 0 Å². The molecule has 4 nitrogen and oxygen atoms in total. The highest BCUT2D eigenvalue weighted by Crippen LogP contribution is 2.28. The summed E-state index contributed by atoms with van der Waals surface area (Å²) in [4.78, 5) is 0.269. The third kappa shape index (κ3) is 2.80. The van der Waals surface area contributed by atoms with Crippen molar-refractivity contribution in [1.82, 2.24) is 4.31 Å². The van der Waals surface area contributed by atoms with Gasteiger partial charge in [0.05, 0.1) is 16.5 Å². The molecule has 0 heterocycles. The quantitative estimate of drug-likeness (QED) is 0.849. The first-order valence-corrected chi connectivity index (χ1v) is 7.86. The van der Waals surface area contributed by atoms with Crippen LogP contribution in [0.4, 0.5) is 0 Å². The van der Waals surface area contributed by atoms with Crippen molar-refractivity contribution < 1.29 is 8.42 Å². The van der Waals surface area contributed by atoms with E-state index in [1.807, 2.05) is 6.07 Å². The van der Waals surface area contributed by atoms with E-state index in [-0.39, 0.29) is 4.90 Å². The van der Waals surface area contributed by atoms with E-state index in [4.69, 9.17) is 5.26 Å². The van der Waals surface area contributed by atoms with Gasteiger partial charge in [-0.3, -0.25) is 0 Å². The Morgan fingerprint density at radius 2 is 2.11 bits per heavy atom. The smallest absolute Gasteiger partial charge is 0.207 e. The van der Waals surface area contributed by atoms with Crippen molar-refractivity contribution in [3.63, 3.8) is 0 Å². The Hall–Kier alpha value is -1.38. The average Bonchev–Trinajstić information content (AvgIpc) is 2.33. The van der Waals surface area contributed by atoms with Crippen molar-refractivity contribution in [1.29, 1.82) is 5.26 Å². The van der Waals surface area contributed by atoms with Crippen LogP contribution in [-0.2, 0) is 10.0 Å². The molecule has 5 heteroatoms. The first-order chi connectivity index (χ1) is 8.95. The second kappa shape index (κ2) is 5.32. The zero-order chi connectivity index (χ0) is 14.0. The van der Waals surface area contributed by atoms with E-state index in [0.29, 0.717) is 23.6 Å². The summed E-state index contributed by atoms with van der Waals surface area (Å²) < 4.78 is 26.2. The number of rotatable bonds is 4. The lowest BCUT2D eigenvalue weighted by Crippen LogP contribution is -2.34. The van der Waals surface area contributed by atoms with Crippen LogP contribution in [0.3, 0.4) is 0 Å². The van der Waals surface area contributed by atoms with Crippen LogP contribution in [0, 0.1) is 24.2 Å². The predicted molar refractivity (Wildman–Crippen MR) is 73.1 cm³/mol. The van der Waals surface area contributed by atoms with Gasteiger partial charge in [-0.05, 0) is 49.4 Å². The van der Waals surface area contributed by atoms with E-state index in [1.54, 1.807) is 26.1 Å². The normalized spacial score (nSPS) is 16.1. The molecule has 1 aliphatic carbocycles. The van der Waals surface area contributed by atoms with Gasteiger partial charge in [-0.1, -0.05) is 6.42 Å². The fourth-order valence-electron chi connectivity index (χ4n) is 2.24. The van der Waals surface area contributed by atoms with Gasteiger partial charge in [0.25, 0.3) is 0 Å². The third-order valence-electron chi connectivity index (χ3n) is 3.77. The summed E-state index contributed by atoms with van der Waals surface area (Å²) >= 11 is 0. The molecule has 0 atom stereocenters. The maximum atomic E-state index is 12.4. The summed E-state index contributed by atoms with van der Waals surface area (Å²) in [5, 5.41) is 8.87. The first kappa shape index (κ1) is 14.0. The van der Waals surface area contributed by atoms with Crippen LogP contribution in [0.25, 0.3) is 0 Å². The molecule has 0 radical (unpaired) electrons. The molecular weight excluding hydrogens is 260 g/mol. The summed E-state index contributed by atoms with van der Waals surface area (Å²) in [6, 6.07) is 6.70. The molecule has 0 spiro atoms. The zero-order valence-corrected chi connectivity index (χ0v) is 12.1. The fraction of sp³-hybridized carbons (Fsp3) is 0.500. The highest BCUT2D eigenvalue weighted by Gasteiger charge is 2.26. The summed E-state index contributed by atoms with van der Waals surface area (Å²) in [6.07, 6.45) is 3.44. The minimum absolute atomic E-state index is 0.269. The SMILES string of the molecule is Cc1cc(S(=O)(=O)N(C)CC2CCC2)ccc1C#N. The summed E-state index contributed by atoms with van der Waals surface area (Å²) in [7, 11) is -1.81. The van der Waals surface area contributed by atoms with Crippen molar-refractivity contribution in [3.8, 4) is 6.07 Å². The van der Waals surface area contributed by atoms with Crippen molar-refractivity contribution in [2.45, 2.75) is 31.1 Å². The van der Waals surface area contributed by atoms with Crippen LogP contribution in [0.2, 0.25) is 0 Å². The molecule has 1 fully saturated rings. The van der Waals surface area contributed by atoms with Crippen molar-refractivity contribution >= 4 is 10.0 Å². The van der Waals surface area contributed by atoms with Crippen LogP contribution in [0.1, 0.15) is 30.4 Å². The van der Waals surface area contributed by atoms with Crippen molar-refractivity contribution in [3.05, 3.63) is 29.3 Å². The topological polar surface area (TPSA) is 61.2 Å². The Bertz CT molecular complexity index is 613. The molecule has 0 amide bonds. The number of nitrogens with zero attached hydrogens (tertiary/aromatic N) is 2. The molecule has 0 unspecified atom stereocenters. The third-order valence-corrected chi connectivity index (χ3v) is 5.59. The number of benzene rings is 1. The number of hydrogen-bond donors (Lipinski definition) is 0. The van der Waals surface area contributed by atoms with Crippen LogP contribution in [-0.4, -0.2) is 26.3 Å². The van der Waals surface area contributed by atoms with Gasteiger partial charge < -0.3 is 0 Å². The molecule has 19 heavy (non-hydrogen) atoms. The number of nitriles is 1. The number of sulfonamides is 1. The molecule has 0 aromatic heterocycles. The van der Waals surface area contributed by atoms with Crippen LogP contribution in [0.5, 0.6) is 0 Å². The fourth-order valence-corrected chi connectivity index (χ4v) is 3.57. The Kier molecular flexibility index (Phi) is 3.93. The van der Waals surface area contributed by atoms with Gasteiger partial charge in [-0.2, -0.15) is 5.26 Å². The Morgan fingerprint density at radius 1 is 1.42 bits per heavy atom. The minimum Gasteiger partial charge on any atom is -0.207 e. The van der Waals surface area contributed by atoms with Gasteiger partial charge in [0.2, 0.25) is 10.0 Å². The second-order valence-corrected chi connectivity index (χ2v) is 7.22. The molecular formula is C14H18N2O2S. The first-order valence-electron chi connectivity index (χ1n) is 6.42. The van der Waals surface area contributed by atoms with E-state index in [1.165, 1.54) is 16.8 Å². The summed E-state index contributed by atoms with van der Waals surface area (Å²) in [6.45, 7) is 2.34. The standard InChI is InChI=1S/C14H18N2O2S/c1-11-8-14(7-6-13(11)9-15)19(17,18)16(2)10-12-4-3-5-12/h6-8,12H,3-5,10H2,1-2H3. The lowest BCUT2D eigenvalue weighted by molar-refractivity contribution is 0.263. The molecule has 1 aliphatic rings. The maximum Gasteiger partial charge on any atom is 0.242 e. The molecule has 1 saturated carbocycles. The Balaban J connectivity index is 2.23. The lowest BCUT2D eigenvalue weighted by Gasteiger charge is -2.29. The number of hydrogen-bond acceptors (Lipinski definition) is 3. The molecule has 0 bridgehead atoms. The van der Waals surface area contributed by atoms with Crippen molar-refractivity contribution in [2.75, 3.05) is 13.6 Å².